The number of hydrogen-bond donors (Lipinski definition) is 0. The van der Waals surface area contributed by atoms with Crippen molar-refractivity contribution in [3.63, 3.8) is 0 Å². The molecule has 0 atom stereocenters. The van der Waals surface area contributed by atoms with Crippen LogP contribution in [0.5, 0.6) is 0 Å². The van der Waals surface area contributed by atoms with E-state index in [0.717, 1.165) is 5.69 Å². The number of fused-ring (bicyclic) bond motifs is 4. The number of benzene rings is 11. The van der Waals surface area contributed by atoms with Gasteiger partial charge in [-0.15, -0.1) is 0 Å². The van der Waals surface area contributed by atoms with E-state index in [2.05, 4.69) is 344 Å². The third-order valence-corrected chi connectivity index (χ3v) is 22.9. The van der Waals surface area contributed by atoms with E-state index in [1.807, 2.05) is 0 Å². The van der Waals surface area contributed by atoms with E-state index < -0.39 is 14.2 Å². The minimum Gasteiger partial charge on any atom is -0.310 e. The van der Waals surface area contributed by atoms with E-state index in [1.54, 1.807) is 0 Å². The van der Waals surface area contributed by atoms with Crippen LogP contribution < -0.4 is 53.2 Å². The number of aryl methyl sites for hydroxylation is 1. The van der Waals surface area contributed by atoms with Crippen LogP contribution in [-0.4, -0.2) is 22.2 Å². The third kappa shape index (κ3) is 10.4. The van der Waals surface area contributed by atoms with Crippen molar-refractivity contribution in [3.05, 3.63) is 310 Å². The first-order valence-corrected chi connectivity index (χ1v) is 34.9. The van der Waals surface area contributed by atoms with Gasteiger partial charge in [0.15, 0.2) is 8.80 Å². The Balaban J connectivity index is 1.01. The molecule has 0 spiro atoms. The van der Waals surface area contributed by atoms with Gasteiger partial charge in [-0.25, -0.2) is 0 Å². The molecule has 2 aliphatic heterocycles. The van der Waals surface area contributed by atoms with Gasteiger partial charge in [-0.05, 0) is 144 Å². The summed E-state index contributed by atoms with van der Waals surface area (Å²) in [6.45, 7) is 31.2. The summed E-state index contributed by atoms with van der Waals surface area (Å²) in [6, 6.07) is 96.7. The molecule has 0 amide bonds. The first-order chi connectivity index (χ1) is 43.6. The Morgan fingerprint density at radius 2 is 0.700 bits per heavy atom. The molecular weight excluding hydrogens is 1100 g/mol. The summed E-state index contributed by atoms with van der Waals surface area (Å²) in [6.07, 6.45) is 0. The average molecular weight is 1180 g/mol. The van der Waals surface area contributed by atoms with Crippen LogP contribution in [0.25, 0.3) is 11.1 Å². The van der Waals surface area contributed by atoms with E-state index in [4.69, 9.17) is 0 Å². The predicted octanol–water partition coefficient (Wildman–Crippen LogP) is 16.4. The van der Waals surface area contributed by atoms with Crippen molar-refractivity contribution < 1.29 is 0 Å². The molecule has 4 heteroatoms. The van der Waals surface area contributed by atoms with Gasteiger partial charge in [0.05, 0.1) is 16.8 Å². The van der Waals surface area contributed by atoms with Gasteiger partial charge >= 0.3 is 0 Å². The first kappa shape index (κ1) is 60.5. The molecule has 90 heavy (non-hydrogen) atoms. The predicted molar refractivity (Wildman–Crippen MR) is 394 cm³/mol. The fourth-order valence-electron chi connectivity index (χ4n) is 15.7. The van der Waals surface area contributed by atoms with E-state index >= 15 is 0 Å². The van der Waals surface area contributed by atoms with Crippen molar-refractivity contribution in [1.29, 1.82) is 0 Å². The van der Waals surface area contributed by atoms with Crippen LogP contribution in [0.15, 0.2) is 249 Å². The molecule has 13 rings (SSSR count). The molecule has 11 aromatic carbocycles. The van der Waals surface area contributed by atoms with Crippen LogP contribution in [0, 0.1) is 6.92 Å². The molecule has 2 aliphatic rings. The minimum absolute atomic E-state index is 0.0419. The molecule has 0 saturated heterocycles. The Hall–Kier alpha value is -8.43. The van der Waals surface area contributed by atoms with E-state index in [9.17, 15) is 0 Å². The summed E-state index contributed by atoms with van der Waals surface area (Å²) in [5.41, 5.74) is 29.2. The monoisotopic (exact) mass is 1180 g/mol. The fraction of sp³-hybridized carbons (Fsp3) is 0.233. The molecule has 1 radical (unpaired) electrons. The highest BCUT2D eigenvalue weighted by Gasteiger charge is 2.49. The SMILES string of the molecule is Cc1ccccc1C1(c2ccccc2[Si](c2ccccc2)c2ccccc2)c2ccccc2N(c2ccc(-c3ccc4c(c3)B(c3c(C(C)C)cc(C(C)C)cc3C(C)C)c3ccccc3B4c3c(C(C)C)cc(C(C)C)cc3C(C)C)cc2)c2ccccc21. The molecule has 0 N–H and O–H groups in total. The second-order valence-electron chi connectivity index (χ2n) is 27.6. The smallest absolute Gasteiger partial charge is 0.240 e. The largest absolute Gasteiger partial charge is 0.310 e. The highest BCUT2D eigenvalue weighted by molar-refractivity contribution is 7.11. The first-order valence-electron chi connectivity index (χ1n) is 33.4. The third-order valence-electron chi connectivity index (χ3n) is 20.1. The summed E-state index contributed by atoms with van der Waals surface area (Å²) in [7, 11) is -1.51. The van der Waals surface area contributed by atoms with Gasteiger partial charge in [-0.3, -0.25) is 0 Å². The second-order valence-corrected chi connectivity index (χ2v) is 30.1. The van der Waals surface area contributed by atoms with E-state index in [0.29, 0.717) is 35.5 Å². The lowest BCUT2D eigenvalue weighted by atomic mass is 9.20. The van der Waals surface area contributed by atoms with Crippen molar-refractivity contribution in [2.24, 2.45) is 0 Å². The Bertz CT molecular complexity index is 4280. The molecule has 1 nitrogen and oxygen atoms in total. The standard InChI is InChI=1S/C86H86B2NSi/c1-55(2)64-50-69(57(5)6)84(70(51-64)58(7)8)87-77-39-25-26-40-78(77)88(85-71(59(9)10)52-65(56(3)4)53-72(85)60(11)12)80-54-63(46-49-79(80)87)62-44-47-66(48-45-62)89-81-41-27-22-36-74(81)86(73-35-21-20-30-61(73)13,75-37-23-28-42-82(75)89)76-38-24-29-43-83(76)90(67-31-16-14-17-32-67)68-33-18-15-19-34-68/h14-60H,1-13H3. The number of hydrogen-bond acceptors (Lipinski definition) is 1. The van der Waals surface area contributed by atoms with Crippen LogP contribution in [-0.2, 0) is 5.41 Å². The second kappa shape index (κ2) is 24.7. The number of anilines is 3. The topological polar surface area (TPSA) is 3.24 Å². The van der Waals surface area contributed by atoms with Gasteiger partial charge in [0.25, 0.3) is 0 Å². The van der Waals surface area contributed by atoms with Gasteiger partial charge in [0.2, 0.25) is 13.4 Å². The van der Waals surface area contributed by atoms with Crippen molar-refractivity contribution >= 4 is 87.6 Å². The molecule has 11 aromatic rings. The zero-order valence-corrected chi connectivity index (χ0v) is 56.2. The van der Waals surface area contributed by atoms with Crippen molar-refractivity contribution in [1.82, 2.24) is 0 Å². The lowest BCUT2D eigenvalue weighted by Gasteiger charge is -2.48. The van der Waals surface area contributed by atoms with Gasteiger partial charge in [0.1, 0.15) is 0 Å². The van der Waals surface area contributed by atoms with Crippen LogP contribution in [0.2, 0.25) is 0 Å². The number of para-hydroxylation sites is 2. The van der Waals surface area contributed by atoms with Gasteiger partial charge < -0.3 is 4.90 Å². The number of nitrogens with zero attached hydrogens (tertiary/aromatic N) is 1. The molecule has 0 unspecified atom stereocenters. The fourth-order valence-corrected chi connectivity index (χ4v) is 18.5. The van der Waals surface area contributed by atoms with E-state index in [1.165, 1.54) is 132 Å². The molecule has 0 aliphatic carbocycles. The van der Waals surface area contributed by atoms with Crippen LogP contribution in [0.4, 0.5) is 17.1 Å². The zero-order chi connectivity index (χ0) is 62.7. The lowest BCUT2D eigenvalue weighted by molar-refractivity contribution is 0.729. The Morgan fingerprint density at radius 3 is 1.16 bits per heavy atom. The van der Waals surface area contributed by atoms with Crippen LogP contribution >= 0.6 is 0 Å². The maximum atomic E-state index is 2.62. The molecule has 0 saturated carbocycles. The highest BCUT2D eigenvalue weighted by atomic mass is 28.3. The number of rotatable bonds is 15. The molecule has 2 heterocycles. The van der Waals surface area contributed by atoms with Crippen LogP contribution in [0.3, 0.4) is 0 Å². The van der Waals surface area contributed by atoms with Crippen LogP contribution in [0.1, 0.15) is 180 Å². The zero-order valence-electron chi connectivity index (χ0n) is 55.2. The van der Waals surface area contributed by atoms with E-state index in [-0.39, 0.29) is 13.4 Å². The average Bonchev–Trinajstić information content (AvgIpc) is 0.704. The van der Waals surface area contributed by atoms with Crippen molar-refractivity contribution in [2.45, 2.75) is 131 Å². The summed E-state index contributed by atoms with van der Waals surface area (Å²) >= 11 is 0. The molecule has 0 aromatic heterocycles. The quantitative estimate of drug-likeness (QED) is 0.0730. The summed E-state index contributed by atoms with van der Waals surface area (Å²) < 4.78 is 0. The maximum Gasteiger partial charge on any atom is 0.240 e. The summed E-state index contributed by atoms with van der Waals surface area (Å²) in [5.74, 6) is 2.25. The van der Waals surface area contributed by atoms with Gasteiger partial charge in [-0.1, -0.05) is 351 Å². The normalized spacial score (nSPS) is 13.4. The molecular formula is C86H86B2NSi. The Labute approximate surface area is 541 Å². The molecule has 0 fully saturated rings. The summed E-state index contributed by atoms with van der Waals surface area (Å²) in [5, 5.41) is 4.14. The Morgan fingerprint density at radius 1 is 0.322 bits per heavy atom. The Kier molecular flexibility index (Phi) is 16.6. The maximum absolute atomic E-state index is 2.62. The lowest BCUT2D eigenvalue weighted by Crippen LogP contribution is -2.76. The highest BCUT2D eigenvalue weighted by Crippen LogP contribution is 2.58. The van der Waals surface area contributed by atoms with Gasteiger partial charge in [-0.2, -0.15) is 0 Å². The molecule has 0 bridgehead atoms. The van der Waals surface area contributed by atoms with Crippen molar-refractivity contribution in [3.8, 4) is 11.1 Å². The van der Waals surface area contributed by atoms with Crippen molar-refractivity contribution in [2.75, 3.05) is 4.90 Å². The summed E-state index contributed by atoms with van der Waals surface area (Å²) in [4.78, 5) is 2.54. The minimum atomic E-state index is -1.51. The van der Waals surface area contributed by atoms with Gasteiger partial charge in [0, 0.05) is 5.69 Å². The molecule has 445 valence electrons.